The quantitative estimate of drug-likeness (QED) is 0.312. The van der Waals surface area contributed by atoms with Crippen LogP contribution >= 0.6 is 0 Å². The monoisotopic (exact) mass is 626 g/mol. The Balaban J connectivity index is 1.31. The first kappa shape index (κ1) is 31.0. The first-order chi connectivity index (χ1) is 21.2. The van der Waals surface area contributed by atoms with E-state index in [1.54, 1.807) is 0 Å². The molecular weight excluding hydrogens is 584 g/mol. The van der Waals surface area contributed by atoms with Gasteiger partial charge in [-0.05, 0) is 63.5 Å². The van der Waals surface area contributed by atoms with E-state index in [9.17, 15) is 34.5 Å². The van der Waals surface area contributed by atoms with Crippen LogP contribution in [0.4, 0.5) is 0 Å². The molecule has 13 nitrogen and oxygen atoms in total. The highest BCUT2D eigenvalue weighted by Gasteiger charge is 2.59. The highest BCUT2D eigenvalue weighted by Crippen LogP contribution is 2.45. The second kappa shape index (κ2) is 10.8. The third-order valence-electron chi connectivity index (χ3n) is 10.6. The van der Waals surface area contributed by atoms with Gasteiger partial charge in [0.25, 0.3) is 17.7 Å². The smallest absolute Gasteiger partial charge is 0.334 e. The molecule has 4 heterocycles. The number of amides is 2. The topological polar surface area (TPSA) is 160 Å². The van der Waals surface area contributed by atoms with Crippen LogP contribution < -0.4 is 0 Å². The number of esters is 2. The first-order valence-electron chi connectivity index (χ1n) is 15.7. The minimum atomic E-state index is -2.37. The van der Waals surface area contributed by atoms with Crippen LogP contribution in [0.3, 0.4) is 0 Å². The predicted octanol–water partition coefficient (Wildman–Crippen LogP) is 2.46. The van der Waals surface area contributed by atoms with Crippen LogP contribution in [0, 0.1) is 0 Å². The van der Waals surface area contributed by atoms with Crippen molar-refractivity contribution in [3.05, 3.63) is 46.2 Å². The van der Waals surface area contributed by atoms with E-state index in [0.29, 0.717) is 12.8 Å². The van der Waals surface area contributed by atoms with Gasteiger partial charge in [0, 0.05) is 52.2 Å². The van der Waals surface area contributed by atoms with Gasteiger partial charge in [0.2, 0.25) is 11.8 Å². The summed E-state index contributed by atoms with van der Waals surface area (Å²) < 4.78 is 11.5. The first-order valence-corrected chi connectivity index (χ1v) is 15.7. The average molecular weight is 627 g/mol. The Bertz CT molecular complexity index is 1470. The lowest BCUT2D eigenvalue weighted by atomic mass is 9.81. The van der Waals surface area contributed by atoms with Crippen LogP contribution in [0.1, 0.15) is 77.0 Å². The molecular formula is C32H42N4O9. The predicted molar refractivity (Wildman–Crippen MR) is 158 cm³/mol. The summed E-state index contributed by atoms with van der Waals surface area (Å²) in [6.45, 7) is 0. The second-order valence-corrected chi connectivity index (χ2v) is 13.4. The van der Waals surface area contributed by atoms with Gasteiger partial charge in [0.15, 0.2) is 6.17 Å². The van der Waals surface area contributed by atoms with Crippen molar-refractivity contribution in [1.29, 1.82) is 0 Å². The maximum absolute atomic E-state index is 13.7. The van der Waals surface area contributed by atoms with Gasteiger partial charge in [-0.15, -0.1) is 0 Å². The molecule has 2 atom stereocenters. The van der Waals surface area contributed by atoms with E-state index in [4.69, 9.17) is 9.47 Å². The summed E-state index contributed by atoms with van der Waals surface area (Å²) in [5.74, 6) is -6.05. The van der Waals surface area contributed by atoms with Crippen LogP contribution in [0.25, 0.3) is 0 Å². The molecule has 0 bridgehead atoms. The molecule has 0 radical (unpaired) electrons. The van der Waals surface area contributed by atoms with Crippen molar-refractivity contribution in [2.24, 2.45) is 0 Å². The van der Waals surface area contributed by atoms with Crippen LogP contribution in [0.5, 0.6) is 0 Å². The number of ether oxygens (including phenoxy) is 2. The molecule has 45 heavy (non-hydrogen) atoms. The molecule has 2 aliphatic carbocycles. The molecule has 4 aliphatic heterocycles. The maximum atomic E-state index is 13.7. The SMILES string of the molecule is CN1C(=O)C(C=C2CC3(CCCCC3)OC2=O)=C(O)N(C)C1C1(O)N(C)C(=O)C(C=C2CC3(CCCCC3)OC2=O)=C(O)N1C. The number of rotatable bonds is 3. The fourth-order valence-electron chi connectivity index (χ4n) is 8.02. The summed E-state index contributed by atoms with van der Waals surface area (Å²) >= 11 is 0. The fourth-order valence-corrected chi connectivity index (χ4v) is 8.02. The van der Waals surface area contributed by atoms with Gasteiger partial charge in [-0.1, -0.05) is 12.8 Å². The van der Waals surface area contributed by atoms with Crippen molar-refractivity contribution >= 4 is 23.8 Å². The summed E-state index contributed by atoms with van der Waals surface area (Å²) in [4.78, 5) is 57.4. The van der Waals surface area contributed by atoms with E-state index in [0.717, 1.165) is 78.9 Å². The van der Waals surface area contributed by atoms with Crippen molar-refractivity contribution in [2.75, 3.05) is 28.2 Å². The standard InChI is InChI=1S/C32H42N4O9/c1-33-23(37)21(15-19-17-30(44-27(19)41)11-7-5-8-12-30)24(38)34(2)29(33)32(43)35(3)25(39)22(26(40)36(32)4)16-20-18-31(45-28(20)42)13-9-6-10-14-31/h15-16,29,37,39,43H,5-14,17-18H2,1-4H3. The number of hydrogen-bond donors (Lipinski definition) is 3. The Morgan fingerprint density at radius 3 is 1.56 bits per heavy atom. The van der Waals surface area contributed by atoms with Crippen LogP contribution in [0.15, 0.2) is 46.2 Å². The van der Waals surface area contributed by atoms with E-state index in [1.807, 2.05) is 0 Å². The van der Waals surface area contributed by atoms with Gasteiger partial charge in [-0.3, -0.25) is 19.4 Å². The molecule has 3 N–H and O–H groups in total. The third-order valence-corrected chi connectivity index (χ3v) is 10.6. The molecule has 0 aromatic carbocycles. The summed E-state index contributed by atoms with van der Waals surface area (Å²) in [6, 6.07) is 0. The van der Waals surface area contributed by atoms with Gasteiger partial charge in [-0.25, -0.2) is 9.59 Å². The molecule has 2 spiro atoms. The fraction of sp³-hybridized carbons (Fsp3) is 0.625. The van der Waals surface area contributed by atoms with E-state index in [2.05, 4.69) is 0 Å². The van der Waals surface area contributed by atoms with Crippen LogP contribution in [0.2, 0.25) is 0 Å². The molecule has 2 saturated carbocycles. The average Bonchev–Trinajstić information content (AvgIpc) is 3.48. The molecule has 0 aromatic heterocycles. The highest BCUT2D eigenvalue weighted by molar-refractivity contribution is 6.02. The number of nitrogens with zero attached hydrogens (tertiary/aromatic N) is 4. The number of hydrogen-bond acceptors (Lipinski definition) is 11. The lowest BCUT2D eigenvalue weighted by Gasteiger charge is -2.56. The van der Waals surface area contributed by atoms with Crippen molar-refractivity contribution in [2.45, 2.75) is 100 Å². The van der Waals surface area contributed by atoms with Crippen molar-refractivity contribution in [3.63, 3.8) is 0 Å². The van der Waals surface area contributed by atoms with Crippen molar-refractivity contribution in [3.8, 4) is 0 Å². The Labute approximate surface area is 262 Å². The maximum Gasteiger partial charge on any atom is 0.334 e. The number of carbonyl (C=O) groups is 4. The van der Waals surface area contributed by atoms with E-state index >= 15 is 0 Å². The van der Waals surface area contributed by atoms with Crippen molar-refractivity contribution < 1.29 is 44.0 Å². The highest BCUT2D eigenvalue weighted by atomic mass is 16.6. The molecule has 4 fully saturated rings. The molecule has 13 heteroatoms. The number of aliphatic hydroxyl groups excluding tert-OH is 2. The molecule has 6 aliphatic rings. The summed E-state index contributed by atoms with van der Waals surface area (Å²) in [5, 5.41) is 34.7. The van der Waals surface area contributed by atoms with Gasteiger partial charge in [-0.2, -0.15) is 0 Å². The van der Waals surface area contributed by atoms with Crippen LogP contribution in [-0.4, -0.2) is 110 Å². The molecule has 2 saturated heterocycles. The lowest BCUT2D eigenvalue weighted by molar-refractivity contribution is -0.261. The van der Waals surface area contributed by atoms with E-state index in [-0.39, 0.29) is 22.3 Å². The Kier molecular flexibility index (Phi) is 7.45. The molecule has 2 amide bonds. The molecule has 6 rings (SSSR count). The molecule has 244 valence electrons. The van der Waals surface area contributed by atoms with Gasteiger partial charge in [0.05, 0.1) is 5.57 Å². The van der Waals surface area contributed by atoms with Crippen molar-refractivity contribution in [1.82, 2.24) is 19.6 Å². The summed E-state index contributed by atoms with van der Waals surface area (Å²) in [7, 11) is 5.47. The van der Waals surface area contributed by atoms with Gasteiger partial charge < -0.3 is 34.6 Å². The summed E-state index contributed by atoms with van der Waals surface area (Å²) in [6.07, 6.45) is 10.8. The number of aliphatic hydroxyl groups is 3. The number of likely N-dealkylation sites (N-methyl/N-ethyl adjacent to an activating group) is 4. The largest absolute Gasteiger partial charge is 0.494 e. The minimum Gasteiger partial charge on any atom is -0.494 e. The van der Waals surface area contributed by atoms with E-state index < -0.39 is 58.7 Å². The zero-order valence-electron chi connectivity index (χ0n) is 26.3. The lowest BCUT2D eigenvalue weighted by Crippen LogP contribution is -2.76. The second-order valence-electron chi connectivity index (χ2n) is 13.4. The molecule has 2 unspecified atom stereocenters. The Hall–Kier alpha value is -4.00. The normalized spacial score (nSPS) is 32.2. The third kappa shape index (κ3) is 4.77. The Morgan fingerprint density at radius 2 is 1.09 bits per heavy atom. The summed E-state index contributed by atoms with van der Waals surface area (Å²) in [5.41, 5.74) is -0.995. The zero-order valence-corrected chi connectivity index (χ0v) is 26.3. The zero-order chi connectivity index (χ0) is 32.5. The van der Waals surface area contributed by atoms with Gasteiger partial charge in [0.1, 0.15) is 16.8 Å². The minimum absolute atomic E-state index is 0.159. The van der Waals surface area contributed by atoms with E-state index in [1.165, 1.54) is 45.2 Å². The van der Waals surface area contributed by atoms with Crippen LogP contribution in [-0.2, 0) is 28.7 Å². The Morgan fingerprint density at radius 1 is 0.644 bits per heavy atom. The molecule has 0 aromatic rings. The number of carbonyl (C=O) groups excluding carboxylic acids is 4. The van der Waals surface area contributed by atoms with Gasteiger partial charge >= 0.3 is 11.9 Å².